The fraction of sp³-hybridized carbons (Fsp3) is 0.393. The third-order valence-corrected chi connectivity index (χ3v) is 9.50. The summed E-state index contributed by atoms with van der Waals surface area (Å²) in [6.07, 6.45) is 1.09. The number of aliphatic carboxylic acids is 1. The molecule has 2 aromatic rings. The highest BCUT2D eigenvalue weighted by molar-refractivity contribution is 7.92. The number of sulfonamides is 1. The molecular formula is C28H28F3NO4S. The van der Waals surface area contributed by atoms with E-state index in [1.54, 1.807) is 36.4 Å². The number of alkyl halides is 3. The predicted molar refractivity (Wildman–Crippen MR) is 134 cm³/mol. The van der Waals surface area contributed by atoms with Gasteiger partial charge in [0.25, 0.3) is 10.0 Å². The zero-order valence-corrected chi connectivity index (χ0v) is 21.4. The Kier molecular flexibility index (Phi) is 6.05. The Morgan fingerprint density at radius 3 is 2.57 bits per heavy atom. The summed E-state index contributed by atoms with van der Waals surface area (Å²) in [5, 5.41) is 9.25. The molecule has 3 aliphatic rings. The van der Waals surface area contributed by atoms with E-state index >= 15 is 0 Å². The molecule has 0 bridgehead atoms. The van der Waals surface area contributed by atoms with Gasteiger partial charge in [-0.05, 0) is 65.6 Å². The van der Waals surface area contributed by atoms with Crippen LogP contribution in [0.3, 0.4) is 0 Å². The van der Waals surface area contributed by atoms with Crippen molar-refractivity contribution >= 4 is 21.7 Å². The molecule has 0 saturated heterocycles. The average Bonchev–Trinajstić information content (AvgIpc) is 3.35. The highest BCUT2D eigenvalue weighted by Gasteiger charge is 2.42. The second kappa shape index (κ2) is 8.75. The van der Waals surface area contributed by atoms with Crippen LogP contribution >= 0.6 is 0 Å². The second-order valence-electron chi connectivity index (χ2n) is 10.7. The maximum atomic E-state index is 13.8. The monoisotopic (exact) mass is 531 g/mol. The number of hydrogen-bond donors (Lipinski definition) is 1. The van der Waals surface area contributed by atoms with E-state index in [0.717, 1.165) is 34.8 Å². The quantitative estimate of drug-likeness (QED) is 0.498. The van der Waals surface area contributed by atoms with E-state index < -0.39 is 33.2 Å². The van der Waals surface area contributed by atoms with E-state index in [9.17, 15) is 31.5 Å². The lowest BCUT2D eigenvalue weighted by atomic mass is 9.83. The number of anilines is 1. The molecule has 1 heterocycles. The molecule has 0 radical (unpaired) electrons. The number of halogens is 3. The third-order valence-electron chi connectivity index (χ3n) is 7.74. The summed E-state index contributed by atoms with van der Waals surface area (Å²) in [5.41, 5.74) is 2.84. The van der Waals surface area contributed by atoms with Crippen molar-refractivity contribution in [1.29, 1.82) is 0 Å². The predicted octanol–water partition coefficient (Wildman–Crippen LogP) is 6.21. The normalized spacial score (nSPS) is 22.5. The first-order valence-corrected chi connectivity index (χ1v) is 13.7. The van der Waals surface area contributed by atoms with Crippen LogP contribution in [-0.2, 0) is 26.7 Å². The maximum Gasteiger partial charge on any atom is 0.416 e. The van der Waals surface area contributed by atoms with E-state index in [1.807, 2.05) is 19.9 Å². The molecule has 2 atom stereocenters. The Morgan fingerprint density at radius 1 is 1.16 bits per heavy atom. The summed E-state index contributed by atoms with van der Waals surface area (Å²) in [4.78, 5) is 11.4. The number of nitrogens with zero attached hydrogens (tertiary/aromatic N) is 1. The zero-order valence-electron chi connectivity index (χ0n) is 20.5. The van der Waals surface area contributed by atoms with Crippen molar-refractivity contribution < 1.29 is 31.5 Å². The molecule has 196 valence electrons. The van der Waals surface area contributed by atoms with Crippen LogP contribution in [0.4, 0.5) is 18.9 Å². The van der Waals surface area contributed by atoms with E-state index in [1.165, 1.54) is 10.4 Å². The summed E-state index contributed by atoms with van der Waals surface area (Å²) in [5.74, 6) is -1.33. The molecule has 1 aliphatic heterocycles. The molecule has 0 spiro atoms. The minimum atomic E-state index is -4.37. The molecule has 1 N–H and O–H groups in total. The fourth-order valence-electron chi connectivity index (χ4n) is 5.74. The topological polar surface area (TPSA) is 74.7 Å². The van der Waals surface area contributed by atoms with Crippen molar-refractivity contribution in [3.05, 3.63) is 82.5 Å². The van der Waals surface area contributed by atoms with Crippen LogP contribution in [0, 0.1) is 0 Å². The number of aryl methyl sites for hydroxylation is 1. The minimum Gasteiger partial charge on any atom is -0.481 e. The number of rotatable bonds is 5. The highest BCUT2D eigenvalue weighted by Crippen LogP contribution is 2.46. The molecule has 5 nitrogen and oxygen atoms in total. The molecule has 37 heavy (non-hydrogen) atoms. The molecule has 0 saturated carbocycles. The van der Waals surface area contributed by atoms with Crippen molar-refractivity contribution in [2.45, 2.75) is 67.9 Å². The lowest BCUT2D eigenvalue weighted by Gasteiger charge is -2.23. The van der Waals surface area contributed by atoms with Gasteiger partial charge in [0.15, 0.2) is 0 Å². The number of carboxylic acid groups (broad SMARTS) is 1. The van der Waals surface area contributed by atoms with E-state index in [2.05, 4.69) is 0 Å². The summed E-state index contributed by atoms with van der Waals surface area (Å²) in [7, 11) is -3.92. The van der Waals surface area contributed by atoms with E-state index in [4.69, 9.17) is 0 Å². The third kappa shape index (κ3) is 4.58. The van der Waals surface area contributed by atoms with Gasteiger partial charge in [0.1, 0.15) is 0 Å². The van der Waals surface area contributed by atoms with Gasteiger partial charge in [-0.15, -0.1) is 0 Å². The van der Waals surface area contributed by atoms with Crippen LogP contribution in [-0.4, -0.2) is 32.2 Å². The number of allylic oxidation sites excluding steroid dienone is 4. The Balaban J connectivity index is 1.46. The summed E-state index contributed by atoms with van der Waals surface area (Å²) >= 11 is 0. The van der Waals surface area contributed by atoms with Gasteiger partial charge in [-0.2, -0.15) is 13.2 Å². The van der Waals surface area contributed by atoms with Crippen molar-refractivity contribution in [3.8, 4) is 0 Å². The molecule has 2 aromatic carbocycles. The van der Waals surface area contributed by atoms with Gasteiger partial charge in [-0.3, -0.25) is 9.10 Å². The first kappa shape index (κ1) is 25.6. The molecule has 9 heteroatoms. The van der Waals surface area contributed by atoms with Crippen molar-refractivity contribution in [1.82, 2.24) is 0 Å². The molecule has 5 rings (SSSR count). The van der Waals surface area contributed by atoms with Crippen molar-refractivity contribution in [2.75, 3.05) is 10.8 Å². The molecule has 0 aromatic heterocycles. The molecule has 2 aliphatic carbocycles. The van der Waals surface area contributed by atoms with Gasteiger partial charge in [-0.25, -0.2) is 8.42 Å². The van der Waals surface area contributed by atoms with Gasteiger partial charge >= 0.3 is 12.1 Å². The lowest BCUT2D eigenvalue weighted by molar-refractivity contribution is -0.137. The number of benzene rings is 2. The Bertz CT molecular complexity index is 1440. The number of fused-ring (bicyclic) bond motifs is 2. The van der Waals surface area contributed by atoms with Gasteiger partial charge in [-0.1, -0.05) is 50.3 Å². The van der Waals surface area contributed by atoms with Gasteiger partial charge in [0, 0.05) is 17.9 Å². The second-order valence-corrected chi connectivity index (χ2v) is 12.6. The minimum absolute atomic E-state index is 0.0336. The summed E-state index contributed by atoms with van der Waals surface area (Å²) < 4.78 is 68.0. The van der Waals surface area contributed by atoms with Crippen LogP contribution in [0.15, 0.2) is 65.1 Å². The summed E-state index contributed by atoms with van der Waals surface area (Å²) in [6.45, 7) is 4.13. The summed E-state index contributed by atoms with van der Waals surface area (Å²) in [6, 6.07) is 10.4. The molecule has 0 fully saturated rings. The van der Waals surface area contributed by atoms with Gasteiger partial charge in [0.05, 0.1) is 22.6 Å². The molecule has 2 unspecified atom stereocenters. The number of hydrogen-bond acceptors (Lipinski definition) is 3. The number of carboxylic acids is 1. The van der Waals surface area contributed by atoms with Crippen LogP contribution in [0.1, 0.15) is 67.2 Å². The van der Waals surface area contributed by atoms with Crippen LogP contribution in [0.5, 0.6) is 0 Å². The first-order valence-electron chi connectivity index (χ1n) is 12.2. The molecule has 0 amide bonds. The van der Waals surface area contributed by atoms with Gasteiger partial charge in [0.2, 0.25) is 0 Å². The SMILES string of the molecule is CC1(C)CN(S(=O)(=O)c2ccc3c(c2)C(CC(=O)O)CC3)c2ccc(C3C=CC(C(F)(F)F)=CC3)cc21. The first-order chi connectivity index (χ1) is 17.3. The number of carbonyl (C=O) groups is 1. The van der Waals surface area contributed by atoms with Crippen LogP contribution < -0.4 is 4.31 Å². The Labute approximate surface area is 214 Å². The molecular weight excluding hydrogens is 503 g/mol. The lowest BCUT2D eigenvalue weighted by Crippen LogP contribution is -2.34. The zero-order chi connectivity index (χ0) is 26.8. The Morgan fingerprint density at radius 2 is 1.92 bits per heavy atom. The van der Waals surface area contributed by atoms with Crippen LogP contribution in [0.25, 0.3) is 0 Å². The average molecular weight is 532 g/mol. The van der Waals surface area contributed by atoms with Crippen molar-refractivity contribution in [2.24, 2.45) is 0 Å². The maximum absolute atomic E-state index is 13.8. The van der Waals surface area contributed by atoms with Crippen molar-refractivity contribution in [3.63, 3.8) is 0 Å². The van der Waals surface area contributed by atoms with E-state index in [0.29, 0.717) is 12.1 Å². The Hall–Kier alpha value is -3.07. The smallest absolute Gasteiger partial charge is 0.416 e. The van der Waals surface area contributed by atoms with E-state index in [-0.39, 0.29) is 36.1 Å². The standard InChI is InChI=1S/C28H28F3NO4S/c1-27(2)16-32(37(35,36)22-11-7-18-3-4-20(14-26(33)34)23(18)15-22)25-12-8-19(13-24(25)27)17-5-9-21(10-6-17)28(29,30)31/h5,7-13,15,17,20H,3-4,6,14,16H2,1-2H3,(H,33,34). The van der Waals surface area contributed by atoms with Gasteiger partial charge < -0.3 is 5.11 Å². The largest absolute Gasteiger partial charge is 0.481 e. The highest BCUT2D eigenvalue weighted by atomic mass is 32.2. The van der Waals surface area contributed by atoms with Crippen LogP contribution in [0.2, 0.25) is 0 Å². The fourth-order valence-corrected chi connectivity index (χ4v) is 7.42.